The van der Waals surface area contributed by atoms with E-state index in [1.165, 1.54) is 0 Å². The molecule has 0 atom stereocenters. The van der Waals surface area contributed by atoms with Crippen molar-refractivity contribution in [3.05, 3.63) is 54.5 Å². The fraction of sp³-hybridized carbons (Fsp3) is 0.273. The molecule has 1 saturated carbocycles. The molecule has 8 nitrogen and oxygen atoms in total. The first-order valence-corrected chi connectivity index (χ1v) is 11.5. The van der Waals surface area contributed by atoms with E-state index < -0.39 is 10.0 Å². The minimum Gasteiger partial charge on any atom is -0.493 e. The number of aromatic nitrogens is 3. The van der Waals surface area contributed by atoms with Gasteiger partial charge in [0.1, 0.15) is 5.52 Å². The highest BCUT2D eigenvalue weighted by atomic mass is 32.2. The highest BCUT2D eigenvalue weighted by Crippen LogP contribution is 2.34. The Morgan fingerprint density at radius 3 is 2.42 bits per heavy atom. The Kier molecular flexibility index (Phi) is 4.70. The Morgan fingerprint density at radius 2 is 1.74 bits per heavy atom. The zero-order valence-electron chi connectivity index (χ0n) is 17.2. The van der Waals surface area contributed by atoms with E-state index in [-0.39, 0.29) is 5.25 Å². The van der Waals surface area contributed by atoms with Crippen LogP contribution in [0.15, 0.2) is 48.9 Å². The predicted octanol–water partition coefficient (Wildman–Crippen LogP) is 3.55. The van der Waals surface area contributed by atoms with Crippen molar-refractivity contribution >= 4 is 37.6 Å². The van der Waals surface area contributed by atoms with Gasteiger partial charge in [-0.15, -0.1) is 0 Å². The highest BCUT2D eigenvalue weighted by Gasteiger charge is 2.35. The lowest BCUT2D eigenvalue weighted by atomic mass is 10.1. The van der Waals surface area contributed by atoms with Crippen LogP contribution in [0.2, 0.25) is 0 Å². The van der Waals surface area contributed by atoms with E-state index in [2.05, 4.69) is 19.3 Å². The Hall–Kier alpha value is -3.33. The molecule has 0 aliphatic heterocycles. The average molecular weight is 439 g/mol. The van der Waals surface area contributed by atoms with Crippen LogP contribution in [0, 0.1) is 0 Å². The molecule has 0 amide bonds. The van der Waals surface area contributed by atoms with Gasteiger partial charge in [0.05, 0.1) is 43.0 Å². The van der Waals surface area contributed by atoms with Crippen LogP contribution in [0.1, 0.15) is 18.4 Å². The van der Waals surface area contributed by atoms with Crippen molar-refractivity contribution in [2.75, 3.05) is 18.9 Å². The Balaban J connectivity index is 1.48. The molecular weight excluding hydrogens is 416 g/mol. The molecule has 1 aliphatic carbocycles. The zero-order chi connectivity index (χ0) is 21.6. The second kappa shape index (κ2) is 7.42. The lowest BCUT2D eigenvalue weighted by molar-refractivity contribution is 0.356. The minimum absolute atomic E-state index is 0.248. The maximum Gasteiger partial charge on any atom is 0.235 e. The highest BCUT2D eigenvalue weighted by molar-refractivity contribution is 7.93. The van der Waals surface area contributed by atoms with Crippen molar-refractivity contribution in [1.29, 1.82) is 0 Å². The number of pyridine rings is 1. The zero-order valence-corrected chi connectivity index (χ0v) is 18.0. The van der Waals surface area contributed by atoms with Crippen LogP contribution in [-0.4, -0.2) is 42.4 Å². The van der Waals surface area contributed by atoms with Gasteiger partial charge in [0.15, 0.2) is 11.5 Å². The number of imidazole rings is 1. The number of methoxy groups -OCH3 is 2. The Labute approximate surface area is 179 Å². The average Bonchev–Trinajstić information content (AvgIpc) is 3.56. The largest absolute Gasteiger partial charge is 0.493 e. The van der Waals surface area contributed by atoms with Crippen LogP contribution >= 0.6 is 0 Å². The van der Waals surface area contributed by atoms with E-state index in [0.717, 1.165) is 40.3 Å². The van der Waals surface area contributed by atoms with Gasteiger partial charge >= 0.3 is 0 Å². The van der Waals surface area contributed by atoms with Crippen molar-refractivity contribution in [1.82, 2.24) is 14.5 Å². The smallest absolute Gasteiger partial charge is 0.235 e. The fourth-order valence-electron chi connectivity index (χ4n) is 3.70. The molecule has 2 aromatic carbocycles. The van der Waals surface area contributed by atoms with Crippen LogP contribution in [0.4, 0.5) is 5.69 Å². The number of benzene rings is 2. The molecule has 0 radical (unpaired) electrons. The SMILES string of the molecule is COc1cc2ncc3ncn(Cc4ccc(NS(=O)(=O)C5CC5)cc4)c3c2cc1OC. The number of rotatable bonds is 7. The molecule has 2 aromatic heterocycles. The molecule has 160 valence electrons. The van der Waals surface area contributed by atoms with E-state index in [4.69, 9.17) is 9.47 Å². The number of hydrogen-bond donors (Lipinski definition) is 1. The maximum atomic E-state index is 12.1. The molecule has 2 heterocycles. The number of anilines is 1. The van der Waals surface area contributed by atoms with E-state index >= 15 is 0 Å². The van der Waals surface area contributed by atoms with Gasteiger partial charge in [-0.3, -0.25) is 9.71 Å². The van der Waals surface area contributed by atoms with Crippen LogP contribution < -0.4 is 14.2 Å². The van der Waals surface area contributed by atoms with Gasteiger partial charge in [-0.05, 0) is 36.6 Å². The first-order chi connectivity index (χ1) is 15.0. The first kappa shape index (κ1) is 19.6. The van der Waals surface area contributed by atoms with Gasteiger partial charge in [-0.1, -0.05) is 12.1 Å². The Morgan fingerprint density at radius 1 is 1.03 bits per heavy atom. The number of hydrogen-bond acceptors (Lipinski definition) is 6. The van der Waals surface area contributed by atoms with Gasteiger partial charge in [0.2, 0.25) is 10.0 Å². The Bertz CT molecular complexity index is 1380. The minimum atomic E-state index is -3.26. The number of sulfonamides is 1. The quantitative estimate of drug-likeness (QED) is 0.474. The molecule has 9 heteroatoms. The van der Waals surface area contributed by atoms with E-state index in [9.17, 15) is 8.42 Å². The molecule has 0 spiro atoms. The summed E-state index contributed by atoms with van der Waals surface area (Å²) in [6.07, 6.45) is 5.00. The summed E-state index contributed by atoms with van der Waals surface area (Å²) in [6.45, 7) is 0.583. The summed E-state index contributed by atoms with van der Waals surface area (Å²) in [5.74, 6) is 1.25. The summed E-state index contributed by atoms with van der Waals surface area (Å²) in [4.78, 5) is 8.99. The van der Waals surface area contributed by atoms with Crippen LogP contribution in [0.5, 0.6) is 11.5 Å². The number of ether oxygens (including phenoxy) is 2. The summed E-state index contributed by atoms with van der Waals surface area (Å²) in [6, 6.07) is 11.2. The van der Waals surface area contributed by atoms with Gasteiger partial charge in [0, 0.05) is 23.7 Å². The normalized spacial score (nSPS) is 14.1. The topological polar surface area (TPSA) is 95.3 Å². The third-order valence-electron chi connectivity index (χ3n) is 5.48. The monoisotopic (exact) mass is 438 g/mol. The first-order valence-electron chi connectivity index (χ1n) is 9.94. The van der Waals surface area contributed by atoms with Crippen molar-refractivity contribution in [2.24, 2.45) is 0 Å². The molecule has 31 heavy (non-hydrogen) atoms. The molecule has 0 saturated heterocycles. The number of fused-ring (bicyclic) bond motifs is 3. The number of nitrogens with zero attached hydrogens (tertiary/aromatic N) is 3. The summed E-state index contributed by atoms with van der Waals surface area (Å²) in [5.41, 5.74) is 4.13. The molecule has 0 bridgehead atoms. The third-order valence-corrected chi connectivity index (χ3v) is 7.35. The molecule has 1 aliphatic rings. The second-order valence-electron chi connectivity index (χ2n) is 7.63. The van der Waals surface area contributed by atoms with E-state index in [1.54, 1.807) is 38.9 Å². The van der Waals surface area contributed by atoms with Crippen molar-refractivity contribution in [3.63, 3.8) is 0 Å². The standard InChI is InChI=1S/C22H22N4O4S/c1-29-20-9-17-18(10-21(20)30-2)23-11-19-22(17)26(13-24-19)12-14-3-5-15(6-4-14)25-31(27,28)16-7-8-16/h3-6,9-11,13,16,25H,7-8,12H2,1-2H3. The maximum absolute atomic E-state index is 12.1. The van der Waals surface area contributed by atoms with Crippen LogP contribution in [0.3, 0.4) is 0 Å². The van der Waals surface area contributed by atoms with Gasteiger partial charge in [-0.25, -0.2) is 13.4 Å². The molecule has 4 aromatic rings. The van der Waals surface area contributed by atoms with Gasteiger partial charge in [0.25, 0.3) is 0 Å². The van der Waals surface area contributed by atoms with Crippen molar-refractivity contribution in [2.45, 2.75) is 24.6 Å². The predicted molar refractivity (Wildman–Crippen MR) is 119 cm³/mol. The van der Waals surface area contributed by atoms with Crippen molar-refractivity contribution < 1.29 is 17.9 Å². The summed E-state index contributed by atoms with van der Waals surface area (Å²) >= 11 is 0. The molecule has 0 unspecified atom stereocenters. The molecule has 5 rings (SSSR count). The fourth-order valence-corrected chi connectivity index (χ4v) is 5.09. The van der Waals surface area contributed by atoms with Gasteiger partial charge in [-0.2, -0.15) is 0 Å². The van der Waals surface area contributed by atoms with Crippen LogP contribution in [-0.2, 0) is 16.6 Å². The van der Waals surface area contributed by atoms with Crippen LogP contribution in [0.25, 0.3) is 21.9 Å². The molecule has 1 N–H and O–H groups in total. The summed E-state index contributed by atoms with van der Waals surface area (Å²) in [7, 11) is -0.0599. The lowest BCUT2D eigenvalue weighted by Crippen LogP contribution is -2.17. The third kappa shape index (κ3) is 3.65. The molecular formula is C22H22N4O4S. The second-order valence-corrected chi connectivity index (χ2v) is 9.59. The lowest BCUT2D eigenvalue weighted by Gasteiger charge is -2.11. The molecule has 1 fully saturated rings. The van der Waals surface area contributed by atoms with Crippen molar-refractivity contribution in [3.8, 4) is 11.5 Å². The van der Waals surface area contributed by atoms with E-state index in [0.29, 0.717) is 23.7 Å². The number of nitrogens with one attached hydrogen (secondary N) is 1. The van der Waals surface area contributed by atoms with Gasteiger partial charge < -0.3 is 14.0 Å². The summed E-state index contributed by atoms with van der Waals surface area (Å²) < 4.78 is 39.8. The van der Waals surface area contributed by atoms with E-state index in [1.807, 2.05) is 24.3 Å². The summed E-state index contributed by atoms with van der Waals surface area (Å²) in [5, 5.41) is 0.670.